The molecule has 0 aromatic heterocycles. The summed E-state index contributed by atoms with van der Waals surface area (Å²) in [5, 5.41) is 20.7. The maximum atomic E-state index is 11.6. The van der Waals surface area contributed by atoms with Gasteiger partial charge >= 0.3 is 5.97 Å². The molecule has 0 saturated heterocycles. The van der Waals surface area contributed by atoms with E-state index in [2.05, 4.69) is 13.8 Å². The van der Waals surface area contributed by atoms with E-state index in [-0.39, 0.29) is 5.41 Å². The number of hydrogen-bond donors (Lipinski definition) is 2. The lowest BCUT2D eigenvalue weighted by Crippen LogP contribution is -2.45. The standard InChI is InChI=1S/C17H24O3/c1-4-7-14(15(18)19)17(20)11-10-16(2,3)12-8-5-6-9-13(12)17/h5-6,8-9,14,20H,4,7,10-11H2,1-3H3,(H,18,19). The van der Waals surface area contributed by atoms with Crippen LogP contribution in [-0.4, -0.2) is 16.2 Å². The predicted octanol–water partition coefficient (Wildman–Crippen LogP) is 3.45. The first-order chi connectivity index (χ1) is 9.33. The van der Waals surface area contributed by atoms with E-state index in [0.29, 0.717) is 12.8 Å². The number of carbonyl (C=O) groups is 1. The Labute approximate surface area is 120 Å². The van der Waals surface area contributed by atoms with Crippen molar-refractivity contribution in [2.24, 2.45) is 5.92 Å². The second kappa shape index (κ2) is 5.21. The summed E-state index contributed by atoms with van der Waals surface area (Å²) in [7, 11) is 0. The van der Waals surface area contributed by atoms with Crippen molar-refractivity contribution < 1.29 is 15.0 Å². The van der Waals surface area contributed by atoms with Gasteiger partial charge < -0.3 is 10.2 Å². The molecule has 0 amide bonds. The Bertz CT molecular complexity index is 507. The highest BCUT2D eigenvalue weighted by Crippen LogP contribution is 2.48. The largest absolute Gasteiger partial charge is 0.481 e. The van der Waals surface area contributed by atoms with Crippen molar-refractivity contribution in [1.82, 2.24) is 0 Å². The van der Waals surface area contributed by atoms with E-state index in [1.807, 2.05) is 31.2 Å². The molecule has 110 valence electrons. The van der Waals surface area contributed by atoms with Gasteiger partial charge in [0.1, 0.15) is 5.60 Å². The maximum Gasteiger partial charge on any atom is 0.309 e. The molecule has 0 spiro atoms. The predicted molar refractivity (Wildman–Crippen MR) is 78.6 cm³/mol. The van der Waals surface area contributed by atoms with Gasteiger partial charge in [-0.1, -0.05) is 51.5 Å². The average molecular weight is 276 g/mol. The summed E-state index contributed by atoms with van der Waals surface area (Å²) < 4.78 is 0. The average Bonchev–Trinajstić information content (AvgIpc) is 2.41. The Morgan fingerprint density at radius 2 is 1.85 bits per heavy atom. The lowest BCUT2D eigenvalue weighted by atomic mass is 9.62. The fourth-order valence-electron chi connectivity index (χ4n) is 3.44. The maximum absolute atomic E-state index is 11.6. The zero-order valence-corrected chi connectivity index (χ0v) is 12.5. The lowest BCUT2D eigenvalue weighted by molar-refractivity contribution is -0.155. The Balaban J connectivity index is 2.55. The van der Waals surface area contributed by atoms with Gasteiger partial charge in [0.2, 0.25) is 0 Å². The molecule has 0 saturated carbocycles. The summed E-state index contributed by atoms with van der Waals surface area (Å²) in [6.07, 6.45) is 2.56. The molecule has 0 heterocycles. The van der Waals surface area contributed by atoms with Gasteiger partial charge in [0.05, 0.1) is 5.92 Å². The van der Waals surface area contributed by atoms with Crippen LogP contribution in [0.3, 0.4) is 0 Å². The lowest BCUT2D eigenvalue weighted by Gasteiger charge is -2.45. The molecule has 3 nitrogen and oxygen atoms in total. The molecule has 0 radical (unpaired) electrons. The first-order valence-corrected chi connectivity index (χ1v) is 7.38. The van der Waals surface area contributed by atoms with Crippen molar-refractivity contribution in [3.05, 3.63) is 35.4 Å². The van der Waals surface area contributed by atoms with E-state index in [1.165, 1.54) is 0 Å². The number of fused-ring (bicyclic) bond motifs is 1. The van der Waals surface area contributed by atoms with Crippen LogP contribution in [0.25, 0.3) is 0 Å². The van der Waals surface area contributed by atoms with Crippen LogP contribution in [0.5, 0.6) is 0 Å². The normalized spacial score (nSPS) is 25.8. The summed E-state index contributed by atoms with van der Waals surface area (Å²) in [5.41, 5.74) is 0.625. The first-order valence-electron chi connectivity index (χ1n) is 7.38. The van der Waals surface area contributed by atoms with Crippen LogP contribution >= 0.6 is 0 Å². The van der Waals surface area contributed by atoms with Crippen LogP contribution in [0.15, 0.2) is 24.3 Å². The third-order valence-electron chi connectivity index (χ3n) is 4.71. The molecule has 2 unspecified atom stereocenters. The summed E-state index contributed by atoms with van der Waals surface area (Å²) in [6, 6.07) is 7.75. The van der Waals surface area contributed by atoms with E-state index in [1.54, 1.807) is 0 Å². The Morgan fingerprint density at radius 3 is 2.40 bits per heavy atom. The highest BCUT2D eigenvalue weighted by molar-refractivity contribution is 5.72. The van der Waals surface area contributed by atoms with Crippen LogP contribution in [0.4, 0.5) is 0 Å². The van der Waals surface area contributed by atoms with Crippen molar-refractivity contribution in [3.8, 4) is 0 Å². The molecule has 20 heavy (non-hydrogen) atoms. The van der Waals surface area contributed by atoms with E-state index < -0.39 is 17.5 Å². The summed E-state index contributed by atoms with van der Waals surface area (Å²) in [4.78, 5) is 11.6. The van der Waals surface area contributed by atoms with Crippen LogP contribution in [0, 0.1) is 5.92 Å². The minimum absolute atomic E-state index is 0.0158. The highest BCUT2D eigenvalue weighted by Gasteiger charge is 2.48. The van der Waals surface area contributed by atoms with Crippen molar-refractivity contribution in [2.75, 3.05) is 0 Å². The van der Waals surface area contributed by atoms with Gasteiger partial charge in [-0.25, -0.2) is 0 Å². The van der Waals surface area contributed by atoms with Gasteiger partial charge in [0.15, 0.2) is 0 Å². The number of rotatable bonds is 4. The quantitative estimate of drug-likeness (QED) is 0.885. The summed E-state index contributed by atoms with van der Waals surface area (Å²) >= 11 is 0. The molecular formula is C17H24O3. The number of aliphatic hydroxyl groups is 1. The van der Waals surface area contributed by atoms with Gasteiger partial charge in [-0.05, 0) is 35.8 Å². The minimum Gasteiger partial charge on any atom is -0.481 e. The van der Waals surface area contributed by atoms with E-state index in [9.17, 15) is 15.0 Å². The Morgan fingerprint density at radius 1 is 1.25 bits per heavy atom. The van der Waals surface area contributed by atoms with Crippen molar-refractivity contribution >= 4 is 5.97 Å². The first kappa shape index (κ1) is 15.0. The molecule has 3 heteroatoms. The van der Waals surface area contributed by atoms with Crippen molar-refractivity contribution in [3.63, 3.8) is 0 Å². The third-order valence-corrected chi connectivity index (χ3v) is 4.71. The van der Waals surface area contributed by atoms with E-state index in [4.69, 9.17) is 0 Å². The van der Waals surface area contributed by atoms with E-state index in [0.717, 1.165) is 24.0 Å². The van der Waals surface area contributed by atoms with Gasteiger partial charge in [-0.3, -0.25) is 4.79 Å². The molecule has 0 fully saturated rings. The molecular weight excluding hydrogens is 252 g/mol. The molecule has 1 aliphatic carbocycles. The molecule has 0 bridgehead atoms. The molecule has 2 atom stereocenters. The van der Waals surface area contributed by atoms with Gasteiger partial charge in [-0.15, -0.1) is 0 Å². The second-order valence-corrected chi connectivity index (χ2v) is 6.53. The number of hydrogen-bond acceptors (Lipinski definition) is 2. The minimum atomic E-state index is -1.24. The van der Waals surface area contributed by atoms with Crippen LogP contribution in [0.2, 0.25) is 0 Å². The van der Waals surface area contributed by atoms with Crippen LogP contribution in [0.1, 0.15) is 57.6 Å². The molecule has 1 aliphatic rings. The van der Waals surface area contributed by atoms with Gasteiger partial charge in [-0.2, -0.15) is 0 Å². The SMILES string of the molecule is CCCC(C(=O)O)C1(O)CCC(C)(C)c2ccccc21. The second-order valence-electron chi connectivity index (χ2n) is 6.53. The molecule has 2 N–H and O–H groups in total. The molecule has 1 aromatic carbocycles. The van der Waals surface area contributed by atoms with Crippen LogP contribution in [-0.2, 0) is 15.8 Å². The number of aliphatic carboxylic acids is 1. The zero-order chi connectivity index (χ0) is 15.0. The van der Waals surface area contributed by atoms with Gasteiger partial charge in [0.25, 0.3) is 0 Å². The van der Waals surface area contributed by atoms with Gasteiger partial charge in [0, 0.05) is 0 Å². The number of benzene rings is 1. The molecule has 1 aromatic rings. The smallest absolute Gasteiger partial charge is 0.309 e. The fourth-order valence-corrected chi connectivity index (χ4v) is 3.44. The fraction of sp³-hybridized carbons (Fsp3) is 0.588. The van der Waals surface area contributed by atoms with Crippen LogP contribution < -0.4 is 0 Å². The van der Waals surface area contributed by atoms with Crippen molar-refractivity contribution in [1.29, 1.82) is 0 Å². The van der Waals surface area contributed by atoms with E-state index >= 15 is 0 Å². The summed E-state index contributed by atoms with van der Waals surface area (Å²) in [6.45, 7) is 6.26. The number of carboxylic acid groups (broad SMARTS) is 1. The molecule has 0 aliphatic heterocycles. The third kappa shape index (κ3) is 2.35. The highest BCUT2D eigenvalue weighted by atomic mass is 16.4. The monoisotopic (exact) mass is 276 g/mol. The zero-order valence-electron chi connectivity index (χ0n) is 12.5. The van der Waals surface area contributed by atoms with Crippen molar-refractivity contribution in [2.45, 2.75) is 57.5 Å². The number of carboxylic acids is 1. The summed E-state index contributed by atoms with van der Waals surface area (Å²) in [5.74, 6) is -1.63. The Hall–Kier alpha value is -1.35. The Kier molecular flexibility index (Phi) is 3.92. The topological polar surface area (TPSA) is 57.5 Å². The molecule has 2 rings (SSSR count).